The topological polar surface area (TPSA) is 12.9 Å². The van der Waals surface area contributed by atoms with E-state index >= 15 is 0 Å². The van der Waals surface area contributed by atoms with Crippen LogP contribution in [0.4, 0.5) is 0 Å². The number of pyridine rings is 1. The van der Waals surface area contributed by atoms with Gasteiger partial charge < -0.3 is 0 Å². The summed E-state index contributed by atoms with van der Waals surface area (Å²) in [6, 6.07) is 18.0. The molecule has 0 saturated carbocycles. The molecule has 0 fully saturated rings. The van der Waals surface area contributed by atoms with Crippen molar-refractivity contribution in [2.24, 2.45) is 0 Å². The minimum atomic E-state index is 0.749. The van der Waals surface area contributed by atoms with Crippen molar-refractivity contribution in [1.82, 2.24) is 4.98 Å². The van der Waals surface area contributed by atoms with E-state index in [0.717, 1.165) is 21.7 Å². The molecule has 0 spiro atoms. The van der Waals surface area contributed by atoms with Gasteiger partial charge in [0.25, 0.3) is 0 Å². The van der Waals surface area contributed by atoms with Gasteiger partial charge in [-0.1, -0.05) is 60.1 Å². The Morgan fingerprint density at radius 3 is 2.53 bits per heavy atom. The predicted molar refractivity (Wildman–Crippen MR) is 82.1 cm³/mol. The second kappa shape index (κ2) is 5.25. The van der Waals surface area contributed by atoms with Gasteiger partial charge in [-0.05, 0) is 29.2 Å². The molecule has 19 heavy (non-hydrogen) atoms. The quantitative estimate of drug-likeness (QED) is 0.631. The molecule has 2 aromatic carbocycles. The molecule has 0 aliphatic heterocycles. The van der Waals surface area contributed by atoms with Gasteiger partial charge in [0.15, 0.2) is 0 Å². The summed E-state index contributed by atoms with van der Waals surface area (Å²) in [5.41, 5.74) is 1.96. The monoisotopic (exact) mass is 265 g/mol. The molecule has 3 aromatic rings. The minimum absolute atomic E-state index is 0.749. The maximum absolute atomic E-state index is 6.14. The van der Waals surface area contributed by atoms with Crippen molar-refractivity contribution in [3.8, 4) is 0 Å². The van der Waals surface area contributed by atoms with Crippen molar-refractivity contribution in [3.63, 3.8) is 0 Å². The van der Waals surface area contributed by atoms with Crippen molar-refractivity contribution in [2.75, 3.05) is 0 Å². The van der Waals surface area contributed by atoms with E-state index in [1.165, 1.54) is 5.39 Å². The van der Waals surface area contributed by atoms with Crippen LogP contribution in [0.1, 0.15) is 11.3 Å². The largest absolute Gasteiger partial charge is 0.256 e. The summed E-state index contributed by atoms with van der Waals surface area (Å²) in [4.78, 5) is 4.42. The number of hydrogen-bond acceptors (Lipinski definition) is 1. The zero-order valence-electron chi connectivity index (χ0n) is 10.3. The summed E-state index contributed by atoms with van der Waals surface area (Å²) in [5.74, 6) is 0. The van der Waals surface area contributed by atoms with Crippen LogP contribution in [-0.2, 0) is 0 Å². The summed E-state index contributed by atoms with van der Waals surface area (Å²) in [6.07, 6.45) is 5.83. The minimum Gasteiger partial charge on any atom is -0.256 e. The van der Waals surface area contributed by atoms with Gasteiger partial charge in [-0.15, -0.1) is 0 Å². The molecule has 1 nitrogen and oxygen atoms in total. The SMILES string of the molecule is Clc1ccccc1C=Cc1nccc2ccccc12. The molecule has 0 bridgehead atoms. The number of hydrogen-bond donors (Lipinski definition) is 0. The Hall–Kier alpha value is -2.12. The summed E-state index contributed by atoms with van der Waals surface area (Å²) >= 11 is 6.14. The Bertz CT molecular complexity index is 742. The normalized spacial score (nSPS) is 11.2. The van der Waals surface area contributed by atoms with Crippen molar-refractivity contribution >= 4 is 34.5 Å². The van der Waals surface area contributed by atoms with Gasteiger partial charge in [-0.3, -0.25) is 4.98 Å². The van der Waals surface area contributed by atoms with E-state index in [1.54, 1.807) is 0 Å². The summed E-state index contributed by atoms with van der Waals surface area (Å²) in [5, 5.41) is 3.09. The lowest BCUT2D eigenvalue weighted by Crippen LogP contribution is -1.83. The second-order valence-electron chi connectivity index (χ2n) is 4.27. The highest BCUT2D eigenvalue weighted by Gasteiger charge is 1.99. The molecule has 3 rings (SSSR count). The average molecular weight is 266 g/mol. The van der Waals surface area contributed by atoms with E-state index in [-0.39, 0.29) is 0 Å². The molecule has 92 valence electrons. The van der Waals surface area contributed by atoms with E-state index in [1.807, 2.05) is 60.8 Å². The number of rotatable bonds is 2. The van der Waals surface area contributed by atoms with Crippen molar-refractivity contribution in [2.45, 2.75) is 0 Å². The highest BCUT2D eigenvalue weighted by molar-refractivity contribution is 6.32. The lowest BCUT2D eigenvalue weighted by Gasteiger charge is -2.01. The molecule has 0 aliphatic carbocycles. The van der Waals surface area contributed by atoms with E-state index in [0.29, 0.717) is 0 Å². The van der Waals surface area contributed by atoms with Crippen LogP contribution in [-0.4, -0.2) is 4.98 Å². The maximum atomic E-state index is 6.14. The Morgan fingerprint density at radius 2 is 1.63 bits per heavy atom. The highest BCUT2D eigenvalue weighted by Crippen LogP contribution is 2.21. The zero-order chi connectivity index (χ0) is 13.1. The number of benzene rings is 2. The first-order valence-corrected chi connectivity index (χ1v) is 6.49. The number of fused-ring (bicyclic) bond motifs is 1. The first kappa shape index (κ1) is 11.9. The summed E-state index contributed by atoms with van der Waals surface area (Å²) in [6.45, 7) is 0. The fourth-order valence-electron chi connectivity index (χ4n) is 2.05. The van der Waals surface area contributed by atoms with E-state index in [4.69, 9.17) is 11.6 Å². The van der Waals surface area contributed by atoms with Gasteiger partial charge in [0, 0.05) is 16.6 Å². The van der Waals surface area contributed by atoms with Crippen LogP contribution in [0, 0.1) is 0 Å². The zero-order valence-corrected chi connectivity index (χ0v) is 11.0. The molecule has 0 saturated heterocycles. The third kappa shape index (κ3) is 2.51. The van der Waals surface area contributed by atoms with Crippen LogP contribution in [0.25, 0.3) is 22.9 Å². The average Bonchev–Trinajstić information content (AvgIpc) is 2.46. The molecule has 0 N–H and O–H groups in total. The maximum Gasteiger partial charge on any atom is 0.0708 e. The molecular weight excluding hydrogens is 254 g/mol. The predicted octanol–water partition coefficient (Wildman–Crippen LogP) is 5.06. The molecular formula is C17H12ClN. The number of aromatic nitrogens is 1. The van der Waals surface area contributed by atoms with E-state index < -0.39 is 0 Å². The van der Waals surface area contributed by atoms with Gasteiger partial charge in [-0.2, -0.15) is 0 Å². The lowest BCUT2D eigenvalue weighted by molar-refractivity contribution is 1.33. The molecule has 0 unspecified atom stereocenters. The molecule has 1 aromatic heterocycles. The molecule has 0 radical (unpaired) electrons. The standard InChI is InChI=1S/C17H12ClN/c18-16-8-4-2-6-14(16)9-10-17-15-7-3-1-5-13(15)11-12-19-17/h1-12H. The van der Waals surface area contributed by atoms with E-state index in [9.17, 15) is 0 Å². The Kier molecular flexibility index (Phi) is 3.30. The van der Waals surface area contributed by atoms with Crippen LogP contribution < -0.4 is 0 Å². The van der Waals surface area contributed by atoms with E-state index in [2.05, 4.69) is 17.1 Å². The molecule has 2 heteroatoms. The number of nitrogens with zero attached hydrogens (tertiary/aromatic N) is 1. The first-order valence-electron chi connectivity index (χ1n) is 6.11. The van der Waals surface area contributed by atoms with Gasteiger partial charge in [0.05, 0.1) is 5.69 Å². The Morgan fingerprint density at radius 1 is 0.842 bits per heavy atom. The lowest BCUT2D eigenvalue weighted by atomic mass is 10.1. The third-order valence-electron chi connectivity index (χ3n) is 3.03. The first-order chi connectivity index (χ1) is 9.34. The van der Waals surface area contributed by atoms with Crippen LogP contribution in [0.15, 0.2) is 60.8 Å². The summed E-state index contributed by atoms with van der Waals surface area (Å²) in [7, 11) is 0. The van der Waals surface area contributed by atoms with Crippen molar-refractivity contribution in [3.05, 3.63) is 77.1 Å². The van der Waals surface area contributed by atoms with Gasteiger partial charge in [0.2, 0.25) is 0 Å². The van der Waals surface area contributed by atoms with Crippen LogP contribution in [0.2, 0.25) is 5.02 Å². The molecule has 1 heterocycles. The fourth-order valence-corrected chi connectivity index (χ4v) is 2.25. The van der Waals surface area contributed by atoms with Gasteiger partial charge >= 0.3 is 0 Å². The van der Waals surface area contributed by atoms with Crippen molar-refractivity contribution < 1.29 is 0 Å². The molecule has 0 atom stereocenters. The smallest absolute Gasteiger partial charge is 0.0708 e. The van der Waals surface area contributed by atoms with Gasteiger partial charge in [0.1, 0.15) is 0 Å². The summed E-state index contributed by atoms with van der Waals surface area (Å²) < 4.78 is 0. The Balaban J connectivity index is 2.04. The second-order valence-corrected chi connectivity index (χ2v) is 4.68. The molecule has 0 aliphatic rings. The van der Waals surface area contributed by atoms with Crippen molar-refractivity contribution in [1.29, 1.82) is 0 Å². The van der Waals surface area contributed by atoms with Gasteiger partial charge in [-0.25, -0.2) is 0 Å². The Labute approximate surface area is 117 Å². The highest BCUT2D eigenvalue weighted by atomic mass is 35.5. The fraction of sp³-hybridized carbons (Fsp3) is 0. The molecule has 0 amide bonds. The van der Waals surface area contributed by atoms with Crippen LogP contribution in [0.5, 0.6) is 0 Å². The number of halogens is 1. The van der Waals surface area contributed by atoms with Crippen LogP contribution >= 0.6 is 11.6 Å². The third-order valence-corrected chi connectivity index (χ3v) is 3.37. The van der Waals surface area contributed by atoms with Crippen LogP contribution in [0.3, 0.4) is 0 Å².